The highest BCUT2D eigenvalue weighted by atomic mass is 32.2. The number of sulfone groups is 4. The first kappa shape index (κ1) is 88.0. The van der Waals surface area contributed by atoms with E-state index in [9.17, 15) is 50.5 Å². The summed E-state index contributed by atoms with van der Waals surface area (Å²) >= 11 is 0. The molecule has 10 heterocycles. The Bertz CT molecular complexity index is 2620. The average molecular weight is 1470 g/mol. The van der Waals surface area contributed by atoms with E-state index in [0.29, 0.717) is 94.0 Å². The maximum Gasteiger partial charge on any atom is 0.166 e. The predicted octanol–water partition coefficient (Wildman–Crippen LogP) is -5.88. The maximum atomic E-state index is 11.5. The van der Waals surface area contributed by atoms with Crippen molar-refractivity contribution >= 4 is 82.5 Å². The van der Waals surface area contributed by atoms with Crippen LogP contribution in [0.3, 0.4) is 0 Å². The molecule has 0 bridgehead atoms. The molecular formula is C61H129N9O14S8. The highest BCUT2D eigenvalue weighted by Gasteiger charge is 2.43. The minimum Gasteiger partial charge on any atom is -0.476 e. The zero-order chi connectivity index (χ0) is 69.5. The van der Waals surface area contributed by atoms with Gasteiger partial charge in [0.15, 0.2) is 45.6 Å². The van der Waals surface area contributed by atoms with Gasteiger partial charge in [-0.2, -0.15) is 63.4 Å². The summed E-state index contributed by atoms with van der Waals surface area (Å²) in [6, 6.07) is 4.34. The fraction of sp³-hybridized carbons (Fsp3) is 0.852. The van der Waals surface area contributed by atoms with Gasteiger partial charge in [0.05, 0.1) is 124 Å². The Hall–Kier alpha value is -0.0400. The van der Waals surface area contributed by atoms with Gasteiger partial charge in [0.1, 0.15) is 0 Å². The largest absolute Gasteiger partial charge is 0.476 e. The minimum absolute atomic E-state index is 0.0110. The van der Waals surface area contributed by atoms with Crippen LogP contribution in [0.2, 0.25) is 0 Å². The van der Waals surface area contributed by atoms with Crippen molar-refractivity contribution in [2.24, 2.45) is 5.92 Å². The van der Waals surface area contributed by atoms with E-state index < -0.39 is 87.3 Å². The van der Waals surface area contributed by atoms with E-state index in [2.05, 4.69) is 84.2 Å². The van der Waals surface area contributed by atoms with E-state index in [1.54, 1.807) is 26.1 Å². The summed E-state index contributed by atoms with van der Waals surface area (Å²) in [6.45, 7) is 13.3. The number of rotatable bonds is 9. The molecule has 10 rings (SSSR count). The standard InChI is InChI=1S/C8H17NO2S.C8H17NOS.C7H15NO2S.C7H13NO2.C7H15NOS.2C6H13NO2S.2C6H13NOS/c1-8(2)6-7(9-3)4-5-12(8,10)11;1-8(2)6-7(9-3)4-5-11(8)10;1-6-5-7(8-2)3-4-11(6,9)10;1-8-6-4-10-7-5(6)2-3-9-7;1-6-5-7(8-2)3-4-10(6)9;1-7-6-2-4-10(8,9)5-3-6;1-7-6-3-2-4-10(8,9)5-6;1-7-6-2-4-9(8)5-3-6;1-7-6-3-2-4-9(8)5-6/h7H,3-6,9H2,1-2H3;7H,3-6,9H2,1-2H3;6-7H,2-5,8H2,1H3;5-7H,1-4,8H2;6-7H,2-5,8H2,1H3;2*6H,1-5,7H2;2*6H,1-5,7H2. The van der Waals surface area contributed by atoms with Crippen LogP contribution < -0.4 is 47.9 Å². The molecule has 14 unspecified atom stereocenters. The summed E-state index contributed by atoms with van der Waals surface area (Å²) in [7, 11) is 20.1. The van der Waals surface area contributed by atoms with Crippen molar-refractivity contribution in [3.8, 4) is 0 Å². The number of hydrogen-bond donors (Lipinski definition) is 9. The Balaban J connectivity index is 0.000000353. The molecule has 0 radical (unpaired) electrons. The van der Waals surface area contributed by atoms with Crippen LogP contribution in [0.4, 0.5) is 0 Å². The van der Waals surface area contributed by atoms with E-state index in [0.717, 1.165) is 150 Å². The van der Waals surface area contributed by atoms with Gasteiger partial charge in [-0.25, -0.2) is 33.7 Å². The van der Waals surface area contributed by atoms with Crippen molar-refractivity contribution in [1.29, 1.82) is 0 Å². The Morgan fingerprint density at radius 3 is 1.42 bits per heavy atom. The van der Waals surface area contributed by atoms with Crippen molar-refractivity contribution in [1.82, 2.24) is 0 Å². The fourth-order valence-corrected chi connectivity index (χ4v) is 24.3. The summed E-state index contributed by atoms with van der Waals surface area (Å²) in [5.74, 6) is 7.89. The first-order valence-electron chi connectivity index (χ1n) is 33.3. The zero-order valence-electron chi connectivity index (χ0n) is 57.0. The Labute approximate surface area is 569 Å². The number of nitrogens with two attached hydrogens (primary N) is 9. The van der Waals surface area contributed by atoms with Crippen LogP contribution in [0.1, 0.15) is 151 Å². The van der Waals surface area contributed by atoms with E-state index in [1.165, 1.54) is 6.42 Å². The van der Waals surface area contributed by atoms with Crippen LogP contribution in [0.5, 0.6) is 0 Å². The van der Waals surface area contributed by atoms with Gasteiger partial charge < -0.3 is 57.3 Å². The SMILES string of the molecule is [CH2-][NH2+]C1CCCS(=O)(=O)C1.[CH2-][NH2+]C1CCCS(=O)C1.[CH2-][NH2+]C1CCS(=O)(=O)C(C)(C)C1.[CH2-][NH2+]C1CCS(=O)(=O)C(C)C1.[CH2-][NH2+]C1CCS(=O)(=O)CC1.[CH2-][NH2+]C1CCS(=O)C(C)(C)C1.[CH2-][NH2+]C1CCS(=O)C(C)C1.[CH2-][NH2+]C1CCS(=O)CC1.[CH2-][NH2+]C1COC2OCCC12. The van der Waals surface area contributed by atoms with Gasteiger partial charge in [-0.15, -0.1) is 0 Å². The van der Waals surface area contributed by atoms with Gasteiger partial charge >= 0.3 is 0 Å². The molecule has 0 saturated carbocycles. The topological polar surface area (TPSA) is 373 Å². The Morgan fingerprint density at radius 2 is 0.946 bits per heavy atom. The smallest absolute Gasteiger partial charge is 0.166 e. The maximum absolute atomic E-state index is 11.5. The van der Waals surface area contributed by atoms with Gasteiger partial charge in [-0.05, 0) is 66.7 Å². The second-order valence-electron chi connectivity index (χ2n) is 27.3. The van der Waals surface area contributed by atoms with Crippen LogP contribution >= 0.6 is 0 Å². The molecule has 14 atom stereocenters. The first-order chi connectivity index (χ1) is 43.1. The van der Waals surface area contributed by atoms with Gasteiger partial charge in [0, 0.05) is 159 Å². The number of ether oxygens (including phenoxy) is 2. The summed E-state index contributed by atoms with van der Waals surface area (Å²) in [5.41, 5.74) is 0. The minimum atomic E-state index is -2.85. The van der Waals surface area contributed by atoms with Crippen molar-refractivity contribution in [2.75, 3.05) is 82.2 Å². The first-order valence-corrected chi connectivity index (χ1v) is 45.9. The molecular weight excluding hydrogens is 1340 g/mol. The molecule has 10 saturated heterocycles. The molecule has 550 valence electrons. The Morgan fingerprint density at radius 1 is 0.446 bits per heavy atom. The van der Waals surface area contributed by atoms with Crippen LogP contribution in [-0.2, 0) is 92.0 Å². The third-order valence-electron chi connectivity index (χ3n) is 19.1. The molecule has 10 fully saturated rings. The highest BCUT2D eigenvalue weighted by Crippen LogP contribution is 2.30. The molecule has 0 spiro atoms. The molecule has 10 aliphatic heterocycles. The normalized spacial score (nSPS) is 36.2. The highest BCUT2D eigenvalue weighted by molar-refractivity contribution is 7.93. The van der Waals surface area contributed by atoms with Crippen LogP contribution in [0, 0.1) is 69.3 Å². The lowest BCUT2D eigenvalue weighted by atomic mass is 10.0. The van der Waals surface area contributed by atoms with Gasteiger partial charge in [-0.3, -0.25) is 16.8 Å². The van der Waals surface area contributed by atoms with Gasteiger partial charge in [-0.1, -0.05) is 6.92 Å². The summed E-state index contributed by atoms with van der Waals surface area (Å²) in [6.07, 6.45) is 16.2. The lowest BCUT2D eigenvalue weighted by Crippen LogP contribution is -2.85. The lowest BCUT2D eigenvalue weighted by Gasteiger charge is -2.34. The number of hydrogen-bond acceptors (Lipinski definition) is 14. The third-order valence-corrected chi connectivity index (χ3v) is 34.2. The van der Waals surface area contributed by atoms with E-state index in [1.807, 2.05) is 42.5 Å². The van der Waals surface area contributed by atoms with Crippen molar-refractivity contribution in [3.63, 3.8) is 0 Å². The number of fused-ring (bicyclic) bond motifs is 1. The van der Waals surface area contributed by atoms with Crippen molar-refractivity contribution in [2.45, 2.75) is 231 Å². The van der Waals surface area contributed by atoms with E-state index in [4.69, 9.17) is 9.47 Å². The molecule has 10 aliphatic rings. The third kappa shape index (κ3) is 33.4. The molecule has 31 heteroatoms. The predicted molar refractivity (Wildman–Crippen MR) is 371 cm³/mol. The van der Waals surface area contributed by atoms with Crippen LogP contribution in [0.25, 0.3) is 0 Å². The second-order valence-corrected chi connectivity index (χ2v) is 44.6. The van der Waals surface area contributed by atoms with Crippen molar-refractivity contribution < 1.29 is 108 Å². The molecule has 23 nitrogen and oxygen atoms in total. The van der Waals surface area contributed by atoms with Crippen molar-refractivity contribution in [3.05, 3.63) is 63.4 Å². The van der Waals surface area contributed by atoms with Crippen LogP contribution in [-0.4, -0.2) is 213 Å². The molecule has 18 N–H and O–H groups in total. The molecule has 0 aromatic carbocycles. The zero-order valence-corrected chi connectivity index (χ0v) is 63.5. The molecule has 0 amide bonds. The van der Waals surface area contributed by atoms with Gasteiger partial charge in [0.2, 0.25) is 0 Å². The average Bonchev–Trinajstić information content (AvgIpc) is 1.40. The summed E-state index contributed by atoms with van der Waals surface area (Å²) in [5, 5.41) is 17.4. The van der Waals surface area contributed by atoms with Gasteiger partial charge in [0.25, 0.3) is 0 Å². The molecule has 92 heavy (non-hydrogen) atoms. The van der Waals surface area contributed by atoms with Crippen LogP contribution in [0.15, 0.2) is 0 Å². The van der Waals surface area contributed by atoms with E-state index in [-0.39, 0.29) is 22.3 Å². The second kappa shape index (κ2) is 44.3. The Kier molecular flexibility index (Phi) is 42.4. The summed E-state index contributed by atoms with van der Waals surface area (Å²) < 4.78 is 144. The molecule has 0 aromatic heterocycles. The lowest BCUT2D eigenvalue weighted by molar-refractivity contribution is -0.637. The quantitative estimate of drug-likeness (QED) is 0.0972. The summed E-state index contributed by atoms with van der Waals surface area (Å²) in [4.78, 5) is 0. The van der Waals surface area contributed by atoms with E-state index >= 15 is 0 Å². The molecule has 0 aromatic rings. The fourth-order valence-electron chi connectivity index (χ4n) is 12.2. The number of quaternary nitrogens is 9. The monoisotopic (exact) mass is 1470 g/mol. The molecule has 0 aliphatic carbocycles.